The summed E-state index contributed by atoms with van der Waals surface area (Å²) >= 11 is 0. The Hall–Kier alpha value is -2.43. The summed E-state index contributed by atoms with van der Waals surface area (Å²) < 4.78 is 64.8. The number of rotatable bonds is 34. The van der Waals surface area contributed by atoms with Gasteiger partial charge in [-0.2, -0.15) is 0 Å². The number of hydrogen-bond donors (Lipinski definition) is 0. The van der Waals surface area contributed by atoms with Gasteiger partial charge in [0.05, 0.1) is 13.2 Å². The van der Waals surface area contributed by atoms with Crippen LogP contribution in [-0.2, 0) is 23.9 Å². The standard InChI is InChI=1S/C40H70F4N2O5/c1-5-7-27-39(41,42)29-17-21-34-50-37(48)25-15-11-9-13-19-32-46(36(47)24-23-31-45(3)4)33-20-14-10-12-16-26-38(49)51-35-22-18-30-40(43,44)28-8-6-2/h17-18,29-30H,5-16,19-28,31-35H2,1-4H3. The Balaban J connectivity index is 4.20. The molecular weight excluding hydrogens is 664 g/mol. The normalized spacial score (nSPS) is 12.3. The number of carbonyl (C=O) groups excluding carboxylic acids is 3. The van der Waals surface area contributed by atoms with Gasteiger partial charge in [-0.1, -0.05) is 77.4 Å². The van der Waals surface area contributed by atoms with Crippen molar-refractivity contribution < 1.29 is 41.4 Å². The van der Waals surface area contributed by atoms with Crippen LogP contribution in [0.5, 0.6) is 0 Å². The molecule has 51 heavy (non-hydrogen) atoms. The van der Waals surface area contributed by atoms with Crippen LogP contribution in [0.4, 0.5) is 17.6 Å². The van der Waals surface area contributed by atoms with Crippen LogP contribution in [-0.4, -0.2) is 86.4 Å². The summed E-state index contributed by atoms with van der Waals surface area (Å²) in [5, 5.41) is 0. The van der Waals surface area contributed by atoms with Gasteiger partial charge in [-0.15, -0.1) is 0 Å². The van der Waals surface area contributed by atoms with E-state index in [9.17, 15) is 31.9 Å². The molecule has 0 aromatic carbocycles. The van der Waals surface area contributed by atoms with Crippen molar-refractivity contribution in [2.45, 2.75) is 167 Å². The molecule has 0 rings (SSSR count). The van der Waals surface area contributed by atoms with Crippen LogP contribution in [0.15, 0.2) is 24.3 Å². The molecule has 11 heteroatoms. The molecule has 1 amide bonds. The second-order valence-electron chi connectivity index (χ2n) is 13.9. The molecule has 0 saturated carbocycles. The van der Waals surface area contributed by atoms with Crippen molar-refractivity contribution in [1.82, 2.24) is 9.80 Å². The number of hydrogen-bond acceptors (Lipinski definition) is 6. The highest BCUT2D eigenvalue weighted by molar-refractivity contribution is 5.76. The summed E-state index contributed by atoms with van der Waals surface area (Å²) in [5.41, 5.74) is 0. The van der Waals surface area contributed by atoms with E-state index in [2.05, 4.69) is 4.90 Å². The molecule has 0 atom stereocenters. The van der Waals surface area contributed by atoms with Gasteiger partial charge in [0.2, 0.25) is 5.91 Å². The first-order valence-corrected chi connectivity index (χ1v) is 19.7. The molecule has 0 saturated heterocycles. The molecule has 0 aromatic rings. The van der Waals surface area contributed by atoms with Crippen molar-refractivity contribution in [3.05, 3.63) is 24.3 Å². The lowest BCUT2D eigenvalue weighted by Crippen LogP contribution is -2.33. The number of allylic oxidation sites excluding steroid dienone is 2. The maximum atomic E-state index is 13.6. The number of nitrogens with zero attached hydrogens (tertiary/aromatic N) is 2. The Labute approximate surface area is 306 Å². The zero-order chi connectivity index (χ0) is 38.2. The third-order valence-electron chi connectivity index (χ3n) is 8.51. The smallest absolute Gasteiger partial charge is 0.305 e. The quantitative estimate of drug-likeness (QED) is 0.0284. The third-order valence-corrected chi connectivity index (χ3v) is 8.51. The van der Waals surface area contributed by atoms with Crippen LogP contribution in [0, 0.1) is 0 Å². The van der Waals surface area contributed by atoms with E-state index in [1.54, 1.807) is 0 Å². The van der Waals surface area contributed by atoms with E-state index in [0.29, 0.717) is 58.0 Å². The summed E-state index contributed by atoms with van der Waals surface area (Å²) in [4.78, 5) is 40.9. The molecule has 0 N–H and O–H groups in total. The summed E-state index contributed by atoms with van der Waals surface area (Å²) in [7, 11) is 3.99. The highest BCUT2D eigenvalue weighted by Crippen LogP contribution is 2.24. The first-order valence-electron chi connectivity index (χ1n) is 19.7. The van der Waals surface area contributed by atoms with Gasteiger partial charge >= 0.3 is 11.9 Å². The van der Waals surface area contributed by atoms with E-state index in [1.165, 1.54) is 12.2 Å². The van der Waals surface area contributed by atoms with Crippen molar-refractivity contribution in [3.63, 3.8) is 0 Å². The predicted octanol–water partition coefficient (Wildman–Crippen LogP) is 10.5. The second kappa shape index (κ2) is 31.1. The average Bonchev–Trinajstić information content (AvgIpc) is 3.07. The van der Waals surface area contributed by atoms with E-state index in [4.69, 9.17) is 9.47 Å². The molecule has 298 valence electrons. The van der Waals surface area contributed by atoms with E-state index < -0.39 is 11.8 Å². The SMILES string of the molecule is CCCCC(F)(F)C=CCCOC(=O)CCCCCCCN(CCCCCCCC(=O)OCCC=CC(F)(F)CCCC)C(=O)CCCN(C)C. The molecule has 0 aliphatic carbocycles. The number of unbranched alkanes of at least 4 members (excludes halogenated alkanes) is 10. The van der Waals surface area contributed by atoms with Gasteiger partial charge in [-0.3, -0.25) is 14.4 Å². The number of halogens is 4. The van der Waals surface area contributed by atoms with E-state index in [0.717, 1.165) is 89.3 Å². The lowest BCUT2D eigenvalue weighted by molar-refractivity contribution is -0.144. The topological polar surface area (TPSA) is 76.1 Å². The minimum absolute atomic E-state index is 0.110. The molecule has 0 unspecified atom stereocenters. The fourth-order valence-corrected chi connectivity index (χ4v) is 5.40. The van der Waals surface area contributed by atoms with E-state index in [1.807, 2.05) is 32.8 Å². The van der Waals surface area contributed by atoms with E-state index >= 15 is 0 Å². The molecule has 0 heterocycles. The van der Waals surface area contributed by atoms with Gasteiger partial charge in [0.25, 0.3) is 11.8 Å². The fourth-order valence-electron chi connectivity index (χ4n) is 5.40. The summed E-state index contributed by atoms with van der Waals surface area (Å²) in [6.45, 7) is 6.26. The molecule has 0 aliphatic heterocycles. The Bertz CT molecular complexity index is 897. The van der Waals surface area contributed by atoms with Crippen LogP contribution >= 0.6 is 0 Å². The minimum atomic E-state index is -2.81. The molecule has 0 aromatic heterocycles. The number of ether oxygens (including phenoxy) is 2. The second-order valence-corrected chi connectivity index (χ2v) is 13.9. The van der Waals surface area contributed by atoms with Gasteiger partial charge in [-0.05, 0) is 90.6 Å². The van der Waals surface area contributed by atoms with Gasteiger partial charge < -0.3 is 19.3 Å². The highest BCUT2D eigenvalue weighted by atomic mass is 19.3. The van der Waals surface area contributed by atoms with Crippen molar-refractivity contribution in [1.29, 1.82) is 0 Å². The lowest BCUT2D eigenvalue weighted by Gasteiger charge is -2.23. The first-order chi connectivity index (χ1) is 24.3. The molecule has 0 aliphatic rings. The van der Waals surface area contributed by atoms with Crippen LogP contribution in [0.3, 0.4) is 0 Å². The Morgan fingerprint density at radius 3 is 1.37 bits per heavy atom. The molecule has 7 nitrogen and oxygen atoms in total. The minimum Gasteiger partial charge on any atom is -0.465 e. The van der Waals surface area contributed by atoms with Crippen LogP contribution in [0.1, 0.15) is 155 Å². The van der Waals surface area contributed by atoms with E-state index in [-0.39, 0.29) is 56.7 Å². The zero-order valence-electron chi connectivity index (χ0n) is 32.3. The predicted molar refractivity (Wildman–Crippen MR) is 198 cm³/mol. The molecule has 0 radical (unpaired) electrons. The average molecular weight is 735 g/mol. The monoisotopic (exact) mass is 735 g/mol. The maximum Gasteiger partial charge on any atom is 0.305 e. The Kier molecular flexibility index (Phi) is 29.6. The van der Waals surface area contributed by atoms with Crippen molar-refractivity contribution in [3.8, 4) is 0 Å². The van der Waals surface area contributed by atoms with Gasteiger partial charge in [0.1, 0.15) is 0 Å². The fraction of sp³-hybridized carbons (Fsp3) is 0.825. The Morgan fingerprint density at radius 1 is 0.549 bits per heavy atom. The molecule has 0 fully saturated rings. The first kappa shape index (κ1) is 48.6. The highest BCUT2D eigenvalue weighted by Gasteiger charge is 2.24. The summed E-state index contributed by atoms with van der Waals surface area (Å²) in [5.74, 6) is -6.03. The Morgan fingerprint density at radius 2 is 0.961 bits per heavy atom. The van der Waals surface area contributed by atoms with Crippen LogP contribution in [0.25, 0.3) is 0 Å². The van der Waals surface area contributed by atoms with Crippen molar-refractivity contribution in [2.75, 3.05) is 46.9 Å². The van der Waals surface area contributed by atoms with Gasteiger partial charge in [-0.25, -0.2) is 17.6 Å². The number of carbonyl (C=O) groups is 3. The maximum absolute atomic E-state index is 13.6. The lowest BCUT2D eigenvalue weighted by atomic mass is 10.1. The molecule has 0 spiro atoms. The largest absolute Gasteiger partial charge is 0.465 e. The van der Waals surface area contributed by atoms with Gasteiger partial charge in [0, 0.05) is 45.2 Å². The number of amides is 1. The van der Waals surface area contributed by atoms with Crippen LogP contribution in [0.2, 0.25) is 0 Å². The molecule has 0 bridgehead atoms. The van der Waals surface area contributed by atoms with Gasteiger partial charge in [0.15, 0.2) is 0 Å². The van der Waals surface area contributed by atoms with Crippen molar-refractivity contribution >= 4 is 17.8 Å². The number of esters is 2. The summed E-state index contributed by atoms with van der Waals surface area (Å²) in [6.07, 6.45) is 18.0. The zero-order valence-corrected chi connectivity index (χ0v) is 32.3. The number of alkyl halides is 4. The third kappa shape index (κ3) is 32.0. The van der Waals surface area contributed by atoms with Crippen LogP contribution < -0.4 is 0 Å². The van der Waals surface area contributed by atoms with Crippen molar-refractivity contribution in [2.24, 2.45) is 0 Å². The summed E-state index contributed by atoms with van der Waals surface area (Å²) in [6, 6.07) is 0. The molecular formula is C40H70F4N2O5.